The van der Waals surface area contributed by atoms with Crippen molar-refractivity contribution < 1.29 is 9.59 Å². The highest BCUT2D eigenvalue weighted by Crippen LogP contribution is 2.05. The van der Waals surface area contributed by atoms with Crippen LogP contribution in [0.3, 0.4) is 0 Å². The van der Waals surface area contributed by atoms with Gasteiger partial charge in [-0.2, -0.15) is 0 Å². The molecule has 0 saturated heterocycles. The maximum Gasteiger partial charge on any atom is 0.216 e. The third-order valence-corrected chi connectivity index (χ3v) is 2.34. The Labute approximate surface area is 92.6 Å². The van der Waals surface area contributed by atoms with Crippen LogP contribution in [0.15, 0.2) is 0 Å². The molecule has 0 aromatic rings. The third kappa shape index (κ3) is 11.1. The van der Waals surface area contributed by atoms with Crippen molar-refractivity contribution >= 4 is 11.7 Å². The fourth-order valence-electron chi connectivity index (χ4n) is 1.43. The van der Waals surface area contributed by atoms with E-state index in [0.717, 1.165) is 12.8 Å². The molecule has 88 valence electrons. The van der Waals surface area contributed by atoms with Crippen molar-refractivity contribution in [2.24, 2.45) is 0 Å². The minimum atomic E-state index is -0.0641. The molecule has 3 nitrogen and oxygen atoms in total. The quantitative estimate of drug-likeness (QED) is 0.598. The number of unbranched alkanes of at least 4 members (excludes halogenated alkanes) is 4. The number of Topliss-reactive ketones (excluding diaryl/α,β-unsaturated/α-hetero) is 1. The van der Waals surface area contributed by atoms with Crippen molar-refractivity contribution in [1.29, 1.82) is 0 Å². The molecule has 0 aromatic carbocycles. The summed E-state index contributed by atoms with van der Waals surface area (Å²) in [6.07, 6.45) is 7.03. The summed E-state index contributed by atoms with van der Waals surface area (Å²) in [6, 6.07) is 0. The van der Waals surface area contributed by atoms with Gasteiger partial charge in [0.15, 0.2) is 0 Å². The van der Waals surface area contributed by atoms with Crippen LogP contribution in [0, 0.1) is 0 Å². The minimum absolute atomic E-state index is 0.0641. The highest BCUT2D eigenvalue weighted by atomic mass is 16.1. The van der Waals surface area contributed by atoms with Crippen LogP contribution in [0.2, 0.25) is 0 Å². The van der Waals surface area contributed by atoms with E-state index in [1.807, 2.05) is 0 Å². The number of hydrogen-bond donors (Lipinski definition) is 1. The average Bonchev–Trinajstić information content (AvgIpc) is 2.17. The number of ketones is 1. The third-order valence-electron chi connectivity index (χ3n) is 2.34. The molecule has 0 aliphatic carbocycles. The molecule has 15 heavy (non-hydrogen) atoms. The van der Waals surface area contributed by atoms with Gasteiger partial charge in [-0.25, -0.2) is 0 Å². The van der Waals surface area contributed by atoms with Crippen LogP contribution < -0.4 is 5.32 Å². The largest absolute Gasteiger partial charge is 0.356 e. The fourth-order valence-corrected chi connectivity index (χ4v) is 1.43. The summed E-state index contributed by atoms with van der Waals surface area (Å²) in [5.74, 6) is 0.200. The lowest BCUT2D eigenvalue weighted by molar-refractivity contribution is -0.120. The van der Waals surface area contributed by atoms with E-state index in [9.17, 15) is 9.59 Å². The number of amides is 1. The van der Waals surface area contributed by atoms with Gasteiger partial charge in [-0.1, -0.05) is 32.6 Å². The first kappa shape index (κ1) is 14.1. The van der Waals surface area contributed by atoms with Gasteiger partial charge in [-0.3, -0.25) is 9.59 Å². The van der Waals surface area contributed by atoms with E-state index in [2.05, 4.69) is 12.2 Å². The summed E-state index contributed by atoms with van der Waals surface area (Å²) in [5, 5.41) is 2.63. The summed E-state index contributed by atoms with van der Waals surface area (Å²) in [6.45, 7) is 4.14. The first-order valence-electron chi connectivity index (χ1n) is 5.93. The van der Waals surface area contributed by atoms with Crippen LogP contribution in [0.1, 0.15) is 58.8 Å². The van der Waals surface area contributed by atoms with Crippen LogP contribution >= 0.6 is 0 Å². The van der Waals surface area contributed by atoms with Gasteiger partial charge in [0.1, 0.15) is 5.78 Å². The summed E-state index contributed by atoms with van der Waals surface area (Å²) >= 11 is 0. The second kappa shape index (κ2) is 9.69. The molecule has 0 saturated carbocycles. The van der Waals surface area contributed by atoms with Gasteiger partial charge >= 0.3 is 0 Å². The zero-order valence-electron chi connectivity index (χ0n) is 9.97. The van der Waals surface area contributed by atoms with Crippen molar-refractivity contribution in [3.05, 3.63) is 0 Å². The second-order valence-corrected chi connectivity index (χ2v) is 3.94. The monoisotopic (exact) mass is 213 g/mol. The van der Waals surface area contributed by atoms with Crippen LogP contribution in [-0.2, 0) is 9.59 Å². The Morgan fingerprint density at radius 3 is 2.27 bits per heavy atom. The molecule has 1 amide bonds. The van der Waals surface area contributed by atoms with E-state index in [0.29, 0.717) is 19.4 Å². The molecule has 0 unspecified atom stereocenters. The average molecular weight is 213 g/mol. The van der Waals surface area contributed by atoms with Crippen LogP contribution in [-0.4, -0.2) is 18.2 Å². The Bertz CT molecular complexity index is 190. The van der Waals surface area contributed by atoms with Gasteiger partial charge in [0.2, 0.25) is 5.91 Å². The van der Waals surface area contributed by atoms with Crippen LogP contribution in [0.5, 0.6) is 0 Å². The molecule has 0 fully saturated rings. The Kier molecular flexibility index (Phi) is 9.13. The van der Waals surface area contributed by atoms with Gasteiger partial charge < -0.3 is 5.32 Å². The van der Waals surface area contributed by atoms with Crippen LogP contribution in [0.4, 0.5) is 0 Å². The molecule has 0 rings (SSSR count). The SMILES string of the molecule is CCCCCCCC(=O)CCNC(C)=O. The van der Waals surface area contributed by atoms with E-state index >= 15 is 0 Å². The minimum Gasteiger partial charge on any atom is -0.356 e. The summed E-state index contributed by atoms with van der Waals surface area (Å²) in [7, 11) is 0. The van der Waals surface area contributed by atoms with E-state index in [-0.39, 0.29) is 11.7 Å². The van der Waals surface area contributed by atoms with Gasteiger partial charge in [-0.15, -0.1) is 0 Å². The zero-order valence-corrected chi connectivity index (χ0v) is 9.97. The summed E-state index contributed by atoms with van der Waals surface area (Å²) in [4.78, 5) is 21.8. The molecule has 0 atom stereocenters. The first-order valence-corrected chi connectivity index (χ1v) is 5.93. The Balaban J connectivity index is 3.22. The predicted molar refractivity (Wildman–Crippen MR) is 61.7 cm³/mol. The van der Waals surface area contributed by atoms with E-state index in [1.165, 1.54) is 26.2 Å². The van der Waals surface area contributed by atoms with Gasteiger partial charge in [0.25, 0.3) is 0 Å². The number of carbonyl (C=O) groups is 2. The van der Waals surface area contributed by atoms with E-state index in [4.69, 9.17) is 0 Å². The van der Waals surface area contributed by atoms with Crippen molar-refractivity contribution in [2.45, 2.75) is 58.8 Å². The van der Waals surface area contributed by atoms with Crippen molar-refractivity contribution in [3.8, 4) is 0 Å². The molecular weight excluding hydrogens is 190 g/mol. The van der Waals surface area contributed by atoms with Gasteiger partial charge in [0, 0.05) is 26.3 Å². The number of nitrogens with one attached hydrogen (secondary N) is 1. The summed E-state index contributed by atoms with van der Waals surface area (Å²) in [5.41, 5.74) is 0. The lowest BCUT2D eigenvalue weighted by Crippen LogP contribution is -2.22. The van der Waals surface area contributed by atoms with Crippen molar-refractivity contribution in [3.63, 3.8) is 0 Å². The van der Waals surface area contributed by atoms with Gasteiger partial charge in [-0.05, 0) is 6.42 Å². The Hall–Kier alpha value is -0.860. The zero-order chi connectivity index (χ0) is 11.5. The van der Waals surface area contributed by atoms with Crippen molar-refractivity contribution in [1.82, 2.24) is 5.32 Å². The number of rotatable bonds is 9. The molecule has 0 heterocycles. The number of hydrogen-bond acceptors (Lipinski definition) is 2. The fraction of sp³-hybridized carbons (Fsp3) is 0.833. The number of carbonyl (C=O) groups excluding carboxylic acids is 2. The predicted octanol–water partition coefficient (Wildman–Crippen LogP) is 2.44. The molecule has 1 N–H and O–H groups in total. The lowest BCUT2D eigenvalue weighted by atomic mass is 10.1. The molecule has 0 spiro atoms. The smallest absolute Gasteiger partial charge is 0.216 e. The molecule has 0 radical (unpaired) electrons. The summed E-state index contributed by atoms with van der Waals surface area (Å²) < 4.78 is 0. The van der Waals surface area contributed by atoms with Crippen molar-refractivity contribution in [2.75, 3.05) is 6.54 Å². The molecule has 0 aromatic heterocycles. The molecule has 0 aliphatic rings. The molecule has 0 aliphatic heterocycles. The van der Waals surface area contributed by atoms with E-state index < -0.39 is 0 Å². The maximum absolute atomic E-state index is 11.3. The first-order chi connectivity index (χ1) is 7.16. The molecule has 3 heteroatoms. The normalized spacial score (nSPS) is 10.0. The Morgan fingerprint density at radius 1 is 1.00 bits per heavy atom. The van der Waals surface area contributed by atoms with Gasteiger partial charge in [0.05, 0.1) is 0 Å². The second-order valence-electron chi connectivity index (χ2n) is 3.94. The van der Waals surface area contributed by atoms with Crippen LogP contribution in [0.25, 0.3) is 0 Å². The molecular formula is C12H23NO2. The highest BCUT2D eigenvalue weighted by Gasteiger charge is 2.01. The topological polar surface area (TPSA) is 46.2 Å². The standard InChI is InChI=1S/C12H23NO2/c1-3-4-5-6-7-8-12(15)9-10-13-11(2)14/h3-10H2,1-2H3,(H,13,14). The Morgan fingerprint density at radius 2 is 1.67 bits per heavy atom. The maximum atomic E-state index is 11.3. The molecule has 0 bridgehead atoms. The highest BCUT2D eigenvalue weighted by molar-refractivity contribution is 5.79. The lowest BCUT2D eigenvalue weighted by Gasteiger charge is -2.02. The van der Waals surface area contributed by atoms with E-state index in [1.54, 1.807) is 0 Å².